The zero-order chi connectivity index (χ0) is 20.2. The van der Waals surface area contributed by atoms with Crippen LogP contribution in [0.2, 0.25) is 0 Å². The maximum absolute atomic E-state index is 13.4. The molecule has 7 heteroatoms. The molecule has 4 rings (SSSR count). The van der Waals surface area contributed by atoms with Crippen molar-refractivity contribution in [1.82, 2.24) is 4.90 Å². The molecule has 3 heterocycles. The normalized spacial score (nSPS) is 21.3. The molecule has 1 aromatic heterocycles. The molecule has 0 bridgehead atoms. The van der Waals surface area contributed by atoms with Gasteiger partial charge in [-0.2, -0.15) is 11.8 Å². The van der Waals surface area contributed by atoms with Crippen LogP contribution in [0, 0.1) is 6.92 Å². The number of hydrogen-bond acceptors (Lipinski definition) is 5. The highest BCUT2D eigenvalue weighted by molar-refractivity contribution is 7.99. The van der Waals surface area contributed by atoms with Gasteiger partial charge in [0, 0.05) is 36.2 Å². The van der Waals surface area contributed by atoms with E-state index in [1.54, 1.807) is 18.2 Å². The average molecular weight is 415 g/mol. The maximum Gasteiger partial charge on any atom is 0.291 e. The summed E-state index contributed by atoms with van der Waals surface area (Å²) < 4.78 is 11.0. The minimum absolute atomic E-state index is 0.00139. The van der Waals surface area contributed by atoms with E-state index in [4.69, 9.17) is 9.15 Å². The van der Waals surface area contributed by atoms with Crippen molar-refractivity contribution in [2.24, 2.45) is 0 Å². The first-order valence-electron chi connectivity index (χ1n) is 10.1. The summed E-state index contributed by atoms with van der Waals surface area (Å²) in [4.78, 5) is 27.8. The summed E-state index contributed by atoms with van der Waals surface area (Å²) in [5.41, 5.74) is 2.10. The first kappa shape index (κ1) is 20.0. The Morgan fingerprint density at radius 1 is 1.28 bits per heavy atom. The predicted molar refractivity (Wildman–Crippen MR) is 114 cm³/mol. The molecule has 0 saturated carbocycles. The van der Waals surface area contributed by atoms with E-state index < -0.39 is 0 Å². The summed E-state index contributed by atoms with van der Waals surface area (Å²) in [5, 5.41) is 2.86. The van der Waals surface area contributed by atoms with E-state index >= 15 is 0 Å². The van der Waals surface area contributed by atoms with E-state index in [0.29, 0.717) is 17.8 Å². The molecule has 1 N–H and O–H groups in total. The topological polar surface area (TPSA) is 71.8 Å². The molecule has 2 atom stereocenters. The highest BCUT2D eigenvalue weighted by atomic mass is 32.2. The molecule has 2 amide bonds. The van der Waals surface area contributed by atoms with Gasteiger partial charge in [-0.05, 0) is 61.8 Å². The van der Waals surface area contributed by atoms with Gasteiger partial charge >= 0.3 is 0 Å². The van der Waals surface area contributed by atoms with E-state index in [1.807, 2.05) is 35.7 Å². The number of carbonyl (C=O) groups is 2. The smallest absolute Gasteiger partial charge is 0.291 e. The highest BCUT2D eigenvalue weighted by Crippen LogP contribution is 2.27. The lowest BCUT2D eigenvalue weighted by atomic mass is 10.1. The van der Waals surface area contributed by atoms with Gasteiger partial charge in [0.2, 0.25) is 0 Å². The number of benzene rings is 1. The summed E-state index contributed by atoms with van der Waals surface area (Å²) in [6, 6.07) is 9.00. The van der Waals surface area contributed by atoms with Gasteiger partial charge in [-0.25, -0.2) is 0 Å². The third kappa shape index (κ3) is 4.67. The Bertz CT molecular complexity index is 856. The Morgan fingerprint density at radius 2 is 2.17 bits per heavy atom. The Hall–Kier alpha value is -2.25. The molecule has 0 aliphatic carbocycles. The summed E-state index contributed by atoms with van der Waals surface area (Å²) in [6.07, 6.45) is 4.65. The molecule has 2 aromatic rings. The van der Waals surface area contributed by atoms with Crippen LogP contribution in [-0.2, 0) is 4.74 Å². The fourth-order valence-corrected chi connectivity index (χ4v) is 5.04. The lowest BCUT2D eigenvalue weighted by molar-refractivity contribution is 0.0442. The zero-order valence-corrected chi connectivity index (χ0v) is 17.4. The van der Waals surface area contributed by atoms with Gasteiger partial charge in [0.1, 0.15) is 0 Å². The first-order valence-corrected chi connectivity index (χ1v) is 11.2. The Morgan fingerprint density at radius 3 is 2.86 bits per heavy atom. The summed E-state index contributed by atoms with van der Waals surface area (Å²) in [5.74, 6) is 1.96. The first-order chi connectivity index (χ1) is 14.1. The Kier molecular flexibility index (Phi) is 6.25. The quantitative estimate of drug-likeness (QED) is 0.774. The van der Waals surface area contributed by atoms with Crippen LogP contribution in [0.4, 0.5) is 5.69 Å². The van der Waals surface area contributed by atoms with Gasteiger partial charge in [-0.3, -0.25) is 9.59 Å². The maximum atomic E-state index is 13.4. The fraction of sp³-hybridized carbons (Fsp3) is 0.455. The second-order valence-electron chi connectivity index (χ2n) is 7.57. The Labute approximate surface area is 175 Å². The van der Waals surface area contributed by atoms with Gasteiger partial charge in [0.05, 0.1) is 12.4 Å². The number of nitrogens with zero attached hydrogens (tertiary/aromatic N) is 1. The van der Waals surface area contributed by atoms with E-state index in [9.17, 15) is 9.59 Å². The number of thioether (sulfide) groups is 1. The second kappa shape index (κ2) is 9.05. The SMILES string of the molecule is Cc1ccc(C(=O)N(C[C@@H]2CCCO2)[C@H]2CCSC2)cc1NC(=O)c1ccco1. The van der Waals surface area contributed by atoms with E-state index in [1.165, 1.54) is 6.26 Å². The van der Waals surface area contributed by atoms with Crippen molar-refractivity contribution in [1.29, 1.82) is 0 Å². The van der Waals surface area contributed by atoms with Crippen LogP contribution < -0.4 is 5.32 Å². The molecule has 2 aliphatic rings. The standard InChI is InChI=1S/C22H26N2O4S/c1-15-6-7-16(12-19(15)23-21(25)20-5-3-10-28-20)22(26)24(17-8-11-29-14-17)13-18-4-2-9-27-18/h3,5-7,10,12,17-18H,2,4,8-9,11,13-14H2,1H3,(H,23,25)/t17-,18-/m0/s1. The number of ether oxygens (including phenoxy) is 1. The van der Waals surface area contributed by atoms with Crippen molar-refractivity contribution < 1.29 is 18.7 Å². The number of anilines is 1. The van der Waals surface area contributed by atoms with E-state index in [0.717, 1.165) is 42.9 Å². The monoisotopic (exact) mass is 414 g/mol. The van der Waals surface area contributed by atoms with Crippen LogP contribution in [0.5, 0.6) is 0 Å². The van der Waals surface area contributed by atoms with Gasteiger partial charge in [0.25, 0.3) is 11.8 Å². The molecule has 0 radical (unpaired) electrons. The van der Waals surface area contributed by atoms with Crippen LogP contribution in [0.1, 0.15) is 45.7 Å². The van der Waals surface area contributed by atoms with Gasteiger partial charge < -0.3 is 19.4 Å². The van der Waals surface area contributed by atoms with Crippen molar-refractivity contribution in [3.05, 3.63) is 53.5 Å². The number of aryl methyl sites for hydroxylation is 1. The third-order valence-electron chi connectivity index (χ3n) is 5.51. The molecular formula is C22H26N2O4S. The Balaban J connectivity index is 1.54. The molecule has 2 aliphatic heterocycles. The van der Waals surface area contributed by atoms with Crippen LogP contribution >= 0.6 is 11.8 Å². The number of hydrogen-bond donors (Lipinski definition) is 1. The van der Waals surface area contributed by atoms with Crippen molar-refractivity contribution in [3.8, 4) is 0 Å². The van der Waals surface area contributed by atoms with Crippen LogP contribution in [0.15, 0.2) is 41.0 Å². The summed E-state index contributed by atoms with van der Waals surface area (Å²) >= 11 is 1.89. The van der Waals surface area contributed by atoms with E-state index in [2.05, 4.69) is 5.32 Å². The highest BCUT2D eigenvalue weighted by Gasteiger charge is 2.31. The summed E-state index contributed by atoms with van der Waals surface area (Å²) in [7, 11) is 0. The molecular weight excluding hydrogens is 388 g/mol. The van der Waals surface area contributed by atoms with Crippen molar-refractivity contribution in [2.75, 3.05) is 30.0 Å². The van der Waals surface area contributed by atoms with E-state index in [-0.39, 0.29) is 29.7 Å². The minimum Gasteiger partial charge on any atom is -0.459 e. The second-order valence-corrected chi connectivity index (χ2v) is 8.72. The lowest BCUT2D eigenvalue weighted by Gasteiger charge is -2.31. The van der Waals surface area contributed by atoms with Gasteiger partial charge in [0.15, 0.2) is 5.76 Å². The minimum atomic E-state index is -0.328. The van der Waals surface area contributed by atoms with Crippen LogP contribution in [0.3, 0.4) is 0 Å². The number of amides is 2. The molecule has 0 unspecified atom stereocenters. The van der Waals surface area contributed by atoms with Crippen molar-refractivity contribution in [2.45, 2.75) is 38.3 Å². The predicted octanol–water partition coefficient (Wildman–Crippen LogP) is 3.97. The lowest BCUT2D eigenvalue weighted by Crippen LogP contribution is -2.44. The van der Waals surface area contributed by atoms with Crippen molar-refractivity contribution >= 4 is 29.3 Å². The van der Waals surface area contributed by atoms with Gasteiger partial charge in [-0.1, -0.05) is 6.07 Å². The summed E-state index contributed by atoms with van der Waals surface area (Å²) in [6.45, 7) is 3.31. The van der Waals surface area contributed by atoms with Crippen LogP contribution in [0.25, 0.3) is 0 Å². The molecule has 6 nitrogen and oxygen atoms in total. The van der Waals surface area contributed by atoms with Gasteiger partial charge in [-0.15, -0.1) is 0 Å². The molecule has 2 saturated heterocycles. The molecule has 0 spiro atoms. The number of rotatable bonds is 6. The molecule has 1 aromatic carbocycles. The number of carbonyl (C=O) groups excluding carboxylic acids is 2. The molecule has 2 fully saturated rings. The molecule has 29 heavy (non-hydrogen) atoms. The van der Waals surface area contributed by atoms with Crippen LogP contribution in [-0.4, -0.2) is 53.5 Å². The fourth-order valence-electron chi connectivity index (χ4n) is 3.82. The average Bonchev–Trinajstić information content (AvgIpc) is 3.50. The zero-order valence-electron chi connectivity index (χ0n) is 16.6. The largest absolute Gasteiger partial charge is 0.459 e. The third-order valence-corrected chi connectivity index (χ3v) is 6.65. The molecule has 154 valence electrons. The number of nitrogens with one attached hydrogen (secondary N) is 1. The van der Waals surface area contributed by atoms with Crippen molar-refractivity contribution in [3.63, 3.8) is 0 Å². The number of furan rings is 1.